The van der Waals surface area contributed by atoms with E-state index in [0.717, 1.165) is 16.8 Å². The van der Waals surface area contributed by atoms with Gasteiger partial charge in [-0.2, -0.15) is 0 Å². The molecule has 0 aliphatic heterocycles. The quantitative estimate of drug-likeness (QED) is 0.361. The van der Waals surface area contributed by atoms with Crippen LogP contribution in [0.15, 0.2) is 73.4 Å². The van der Waals surface area contributed by atoms with E-state index in [0.29, 0.717) is 33.9 Å². The van der Waals surface area contributed by atoms with Crippen molar-refractivity contribution in [3.8, 4) is 11.3 Å². The van der Waals surface area contributed by atoms with Gasteiger partial charge in [0.15, 0.2) is 5.65 Å². The van der Waals surface area contributed by atoms with Gasteiger partial charge in [-0.3, -0.25) is 4.79 Å². The summed E-state index contributed by atoms with van der Waals surface area (Å²) in [6.07, 6.45) is 4.73. The number of pyridine rings is 1. The third-order valence-corrected chi connectivity index (χ3v) is 5.13. The summed E-state index contributed by atoms with van der Waals surface area (Å²) in [5.41, 5.74) is 5.37. The van der Waals surface area contributed by atoms with Crippen LogP contribution in [0.25, 0.3) is 22.4 Å². The van der Waals surface area contributed by atoms with Crippen molar-refractivity contribution in [2.75, 3.05) is 10.6 Å². The van der Waals surface area contributed by atoms with Crippen LogP contribution in [-0.2, 0) is 0 Å². The number of hydrogen-bond donors (Lipinski definition) is 3. The zero-order valence-electron chi connectivity index (χ0n) is 17.5. The molecule has 2 aromatic carbocycles. The molecule has 3 aromatic heterocycles. The molecule has 162 valence electrons. The Kier molecular flexibility index (Phi) is 5.19. The van der Waals surface area contributed by atoms with Crippen LogP contribution in [0.3, 0.4) is 0 Å². The maximum atomic E-state index is 13.1. The standard InChI is InChI=1S/C24H18FN7O/c1-14-4-9-17(31-24(33)15-5-7-16(25)8-6-15)11-19(14)32-22-18(3-2-10-26-22)20-21-23(29-12-27-20)30-13-28-21/h2-13H,1H3,(H,26,32)(H,31,33)(H,27,28,29,30). The topological polar surface area (TPSA) is 108 Å². The first-order chi connectivity index (χ1) is 16.1. The van der Waals surface area contributed by atoms with Crippen molar-refractivity contribution < 1.29 is 9.18 Å². The monoisotopic (exact) mass is 439 g/mol. The maximum Gasteiger partial charge on any atom is 0.255 e. The summed E-state index contributed by atoms with van der Waals surface area (Å²) in [6.45, 7) is 1.95. The minimum absolute atomic E-state index is 0.328. The van der Waals surface area contributed by atoms with Crippen LogP contribution in [0.1, 0.15) is 15.9 Å². The number of carbonyl (C=O) groups excluding carboxylic acids is 1. The molecule has 0 fully saturated rings. The van der Waals surface area contributed by atoms with Gasteiger partial charge in [-0.1, -0.05) is 6.07 Å². The summed E-state index contributed by atoms with van der Waals surface area (Å²) in [5.74, 6) is -0.133. The number of anilines is 3. The van der Waals surface area contributed by atoms with Gasteiger partial charge in [0, 0.05) is 28.7 Å². The lowest BCUT2D eigenvalue weighted by Crippen LogP contribution is -2.12. The lowest BCUT2D eigenvalue weighted by Gasteiger charge is -2.14. The second-order valence-electron chi connectivity index (χ2n) is 7.34. The summed E-state index contributed by atoms with van der Waals surface area (Å²) in [4.78, 5) is 33.0. The van der Waals surface area contributed by atoms with Crippen LogP contribution in [0.2, 0.25) is 0 Å². The van der Waals surface area contributed by atoms with E-state index >= 15 is 0 Å². The van der Waals surface area contributed by atoms with Crippen LogP contribution < -0.4 is 10.6 Å². The summed E-state index contributed by atoms with van der Waals surface area (Å²) < 4.78 is 13.1. The highest BCUT2D eigenvalue weighted by Gasteiger charge is 2.15. The van der Waals surface area contributed by atoms with E-state index in [-0.39, 0.29) is 5.91 Å². The fourth-order valence-corrected chi connectivity index (χ4v) is 3.42. The Balaban J connectivity index is 1.45. The highest BCUT2D eigenvalue weighted by molar-refractivity contribution is 6.04. The fraction of sp³-hybridized carbons (Fsp3) is 0.0417. The minimum atomic E-state index is -0.393. The molecule has 0 saturated carbocycles. The van der Waals surface area contributed by atoms with Gasteiger partial charge in [-0.15, -0.1) is 0 Å². The van der Waals surface area contributed by atoms with Crippen molar-refractivity contribution in [2.45, 2.75) is 6.92 Å². The number of aromatic nitrogens is 5. The number of fused-ring (bicyclic) bond motifs is 1. The van der Waals surface area contributed by atoms with Crippen molar-refractivity contribution in [2.24, 2.45) is 0 Å². The zero-order chi connectivity index (χ0) is 22.8. The van der Waals surface area contributed by atoms with E-state index in [1.54, 1.807) is 18.6 Å². The van der Waals surface area contributed by atoms with Gasteiger partial charge in [-0.25, -0.2) is 24.3 Å². The number of aryl methyl sites for hydroxylation is 1. The summed E-state index contributed by atoms with van der Waals surface area (Å²) in [7, 11) is 0. The molecule has 5 rings (SSSR count). The molecule has 0 atom stereocenters. The van der Waals surface area contributed by atoms with Crippen LogP contribution in [-0.4, -0.2) is 30.8 Å². The SMILES string of the molecule is Cc1ccc(NC(=O)c2ccc(F)cc2)cc1Nc1ncccc1-c1ncnc2[nH]cnc12. The lowest BCUT2D eigenvalue weighted by molar-refractivity contribution is 0.102. The normalized spacial score (nSPS) is 10.8. The average Bonchev–Trinajstić information content (AvgIpc) is 3.31. The molecule has 1 amide bonds. The lowest BCUT2D eigenvalue weighted by atomic mass is 10.1. The third kappa shape index (κ3) is 4.11. The summed E-state index contributed by atoms with van der Waals surface area (Å²) in [6, 6.07) is 14.6. The number of imidazole rings is 1. The van der Waals surface area contributed by atoms with E-state index in [9.17, 15) is 9.18 Å². The van der Waals surface area contributed by atoms with Gasteiger partial charge in [0.2, 0.25) is 0 Å². The number of aromatic amines is 1. The first-order valence-corrected chi connectivity index (χ1v) is 10.1. The van der Waals surface area contributed by atoms with E-state index in [1.807, 2.05) is 31.2 Å². The van der Waals surface area contributed by atoms with Crippen molar-refractivity contribution in [1.29, 1.82) is 0 Å². The molecule has 0 aliphatic rings. The molecule has 0 aliphatic carbocycles. The van der Waals surface area contributed by atoms with E-state index in [4.69, 9.17) is 0 Å². The van der Waals surface area contributed by atoms with E-state index in [2.05, 4.69) is 35.6 Å². The number of hydrogen-bond acceptors (Lipinski definition) is 6. The largest absolute Gasteiger partial charge is 0.339 e. The number of halogens is 1. The smallest absolute Gasteiger partial charge is 0.255 e. The van der Waals surface area contributed by atoms with Crippen LogP contribution >= 0.6 is 0 Å². The van der Waals surface area contributed by atoms with Crippen LogP contribution in [0.5, 0.6) is 0 Å². The molecule has 8 nitrogen and oxygen atoms in total. The minimum Gasteiger partial charge on any atom is -0.339 e. The molecule has 9 heteroatoms. The van der Waals surface area contributed by atoms with E-state index < -0.39 is 5.82 Å². The maximum absolute atomic E-state index is 13.1. The molecule has 3 N–H and O–H groups in total. The summed E-state index contributed by atoms with van der Waals surface area (Å²) in [5, 5.41) is 6.19. The van der Waals surface area contributed by atoms with Gasteiger partial charge in [0.25, 0.3) is 5.91 Å². The first-order valence-electron chi connectivity index (χ1n) is 10.1. The Hall–Kier alpha value is -4.66. The molecule has 0 unspecified atom stereocenters. The van der Waals surface area contributed by atoms with Crippen molar-refractivity contribution in [3.63, 3.8) is 0 Å². The first kappa shape index (κ1) is 20.3. The molecule has 0 spiro atoms. The Bertz CT molecular complexity index is 1460. The van der Waals surface area contributed by atoms with Gasteiger partial charge in [-0.05, 0) is 61.0 Å². The Labute approximate surface area is 188 Å². The molecular formula is C24H18FN7O. The molecule has 5 aromatic rings. The van der Waals surface area contributed by atoms with Crippen LogP contribution in [0.4, 0.5) is 21.6 Å². The van der Waals surface area contributed by atoms with Crippen molar-refractivity contribution in [3.05, 3.63) is 90.4 Å². The predicted molar refractivity (Wildman–Crippen MR) is 124 cm³/mol. The van der Waals surface area contributed by atoms with Gasteiger partial charge in [0.05, 0.1) is 6.33 Å². The zero-order valence-corrected chi connectivity index (χ0v) is 17.5. The molecular weight excluding hydrogens is 421 g/mol. The molecule has 0 saturated heterocycles. The van der Waals surface area contributed by atoms with Gasteiger partial charge in [0.1, 0.15) is 29.2 Å². The second-order valence-corrected chi connectivity index (χ2v) is 7.34. The Morgan fingerprint density at radius 1 is 1.00 bits per heavy atom. The highest BCUT2D eigenvalue weighted by Crippen LogP contribution is 2.32. The Morgan fingerprint density at radius 2 is 1.85 bits per heavy atom. The molecule has 0 radical (unpaired) electrons. The van der Waals surface area contributed by atoms with Crippen molar-refractivity contribution in [1.82, 2.24) is 24.9 Å². The highest BCUT2D eigenvalue weighted by atomic mass is 19.1. The van der Waals surface area contributed by atoms with Crippen LogP contribution in [0, 0.1) is 12.7 Å². The number of rotatable bonds is 5. The van der Waals surface area contributed by atoms with Gasteiger partial charge >= 0.3 is 0 Å². The molecule has 33 heavy (non-hydrogen) atoms. The van der Waals surface area contributed by atoms with Gasteiger partial charge < -0.3 is 15.6 Å². The average molecular weight is 439 g/mol. The number of carbonyl (C=O) groups is 1. The second kappa shape index (κ2) is 8.46. The number of H-pyrrole nitrogens is 1. The Morgan fingerprint density at radius 3 is 2.70 bits per heavy atom. The number of amides is 1. The molecule has 0 bridgehead atoms. The number of nitrogens with zero attached hydrogens (tertiary/aromatic N) is 4. The van der Waals surface area contributed by atoms with E-state index in [1.165, 1.54) is 30.6 Å². The fourth-order valence-electron chi connectivity index (χ4n) is 3.42. The number of nitrogens with one attached hydrogen (secondary N) is 3. The van der Waals surface area contributed by atoms with Crippen molar-refractivity contribution >= 4 is 34.3 Å². The number of benzene rings is 2. The summed E-state index contributed by atoms with van der Waals surface area (Å²) >= 11 is 0. The predicted octanol–water partition coefficient (Wildman–Crippen LogP) is 4.86. The third-order valence-electron chi connectivity index (χ3n) is 5.13. The molecule has 3 heterocycles.